The second kappa shape index (κ2) is 15.1. The summed E-state index contributed by atoms with van der Waals surface area (Å²) in [6.07, 6.45) is -1.51. The van der Waals surface area contributed by atoms with Gasteiger partial charge in [-0.25, -0.2) is 4.79 Å². The van der Waals surface area contributed by atoms with Crippen molar-refractivity contribution in [1.29, 1.82) is 0 Å². The van der Waals surface area contributed by atoms with E-state index < -0.39 is 90.9 Å². The Hall–Kier alpha value is -1.27. The molecule has 8 aliphatic rings. The standard InChI is InChI=1S/C41H64O14/c1-19-36(47)28(42)15-34(50-19)54-38-21(3)52-35(17-30(38)44)55-37-20(2)51-33(16-29(37)43)53-24-8-10-39(4)23(13-24)6-7-26-27(39)14-31(45)40(5)25(9-11-41(26,40)48)22-12-32(46)49-18-22/h12,19-21,23-31,33-38,42-45,47-48H,6-11,13-18H2,1-5H3/t19-,20?,21-,23-,24+,25-,26-,27+,28+,29+,30+,31-,33+,34+,35+,36-,37-,38-,39+,40+,41+/m1/s1. The number of aliphatic hydroxyl groups is 6. The Labute approximate surface area is 323 Å². The molecule has 55 heavy (non-hydrogen) atoms. The quantitative estimate of drug-likeness (QED) is 0.162. The van der Waals surface area contributed by atoms with Crippen molar-refractivity contribution in [2.24, 2.45) is 34.5 Å². The maximum absolute atomic E-state index is 12.6. The Bertz CT molecular complexity index is 1410. The molecule has 14 heteroatoms. The molecule has 0 aromatic carbocycles. The zero-order chi connectivity index (χ0) is 39.2. The molecule has 21 atom stereocenters. The molecule has 4 heterocycles. The van der Waals surface area contributed by atoms with Crippen molar-refractivity contribution < 1.29 is 68.6 Å². The van der Waals surface area contributed by atoms with E-state index in [1.165, 1.54) is 0 Å². The van der Waals surface area contributed by atoms with Crippen molar-refractivity contribution in [3.8, 4) is 0 Å². The van der Waals surface area contributed by atoms with Gasteiger partial charge in [0.2, 0.25) is 0 Å². The van der Waals surface area contributed by atoms with Crippen LogP contribution in [0.2, 0.25) is 0 Å². The lowest BCUT2D eigenvalue weighted by Crippen LogP contribution is -2.67. The number of hydrogen-bond donors (Lipinski definition) is 6. The number of esters is 1. The lowest BCUT2D eigenvalue weighted by atomic mass is 9.42. The number of cyclic esters (lactones) is 1. The fraction of sp³-hybridized carbons (Fsp3) is 0.927. The van der Waals surface area contributed by atoms with E-state index in [0.717, 1.165) is 44.1 Å². The largest absolute Gasteiger partial charge is 0.458 e. The summed E-state index contributed by atoms with van der Waals surface area (Å²) in [5, 5.41) is 66.9. The van der Waals surface area contributed by atoms with E-state index in [4.69, 9.17) is 33.2 Å². The molecule has 7 fully saturated rings. The highest BCUT2D eigenvalue weighted by molar-refractivity contribution is 5.85. The van der Waals surface area contributed by atoms with E-state index >= 15 is 0 Å². The number of carbonyl (C=O) groups is 1. The summed E-state index contributed by atoms with van der Waals surface area (Å²) in [4.78, 5) is 11.9. The highest BCUT2D eigenvalue weighted by atomic mass is 16.7. The van der Waals surface area contributed by atoms with Gasteiger partial charge in [0.25, 0.3) is 0 Å². The molecule has 0 aromatic rings. The van der Waals surface area contributed by atoms with Crippen molar-refractivity contribution in [2.75, 3.05) is 6.61 Å². The monoisotopic (exact) mass is 780 g/mol. The topological polar surface area (TPSA) is 203 Å². The lowest BCUT2D eigenvalue weighted by Gasteiger charge is -2.65. The van der Waals surface area contributed by atoms with Crippen LogP contribution in [0.5, 0.6) is 0 Å². The van der Waals surface area contributed by atoms with Crippen LogP contribution in [0.4, 0.5) is 0 Å². The summed E-state index contributed by atoms with van der Waals surface area (Å²) < 4.78 is 42.1. The van der Waals surface area contributed by atoms with E-state index in [1.54, 1.807) is 19.9 Å². The highest BCUT2D eigenvalue weighted by Gasteiger charge is 2.71. The van der Waals surface area contributed by atoms with Gasteiger partial charge in [-0.1, -0.05) is 13.8 Å². The summed E-state index contributed by atoms with van der Waals surface area (Å²) in [6, 6.07) is 0. The molecule has 0 spiro atoms. The average Bonchev–Trinajstić information content (AvgIpc) is 3.67. The zero-order valence-corrected chi connectivity index (χ0v) is 32.9. The van der Waals surface area contributed by atoms with Gasteiger partial charge in [0, 0.05) is 30.8 Å². The van der Waals surface area contributed by atoms with Gasteiger partial charge in [-0.2, -0.15) is 0 Å². The number of aliphatic hydroxyl groups excluding tert-OH is 5. The van der Waals surface area contributed by atoms with Gasteiger partial charge < -0.3 is 63.8 Å². The minimum atomic E-state index is -1.01. The fourth-order valence-corrected chi connectivity index (χ4v) is 12.8. The molecular weight excluding hydrogens is 716 g/mol. The Morgan fingerprint density at radius 2 is 1.29 bits per heavy atom. The third-order valence-corrected chi connectivity index (χ3v) is 16.0. The first-order chi connectivity index (χ1) is 26.0. The SMILES string of the molecule is CC1O[C@@H](O[C@H]2CC[C@@]3(C)[C@H](CC[C@@H]4[C@@H]3C[C@@H](O)[C@]3(C)[C@@H](C5=CC(=O)OC5)CC[C@]43O)C2)C[C@H](O)[C@@H]1O[C@H]1C[C@H](O)[C@H](O[C@H]2C[C@H](O)[C@H](O)[C@@H](C)O2)[C@@H](C)O1. The third-order valence-electron chi connectivity index (χ3n) is 16.0. The van der Waals surface area contributed by atoms with Gasteiger partial charge >= 0.3 is 5.97 Å². The second-order valence-corrected chi connectivity index (χ2v) is 18.8. The van der Waals surface area contributed by atoms with E-state index in [2.05, 4.69) is 6.92 Å². The minimum Gasteiger partial charge on any atom is -0.458 e. The van der Waals surface area contributed by atoms with Gasteiger partial charge in [0.1, 0.15) is 24.9 Å². The number of ether oxygens (including phenoxy) is 7. The van der Waals surface area contributed by atoms with E-state index in [9.17, 15) is 35.4 Å². The van der Waals surface area contributed by atoms with Crippen LogP contribution in [0, 0.1) is 34.5 Å². The number of rotatable bonds is 7. The van der Waals surface area contributed by atoms with Crippen LogP contribution < -0.4 is 0 Å². The lowest BCUT2D eigenvalue weighted by molar-refractivity contribution is -0.336. The molecule has 14 nitrogen and oxygen atoms in total. The summed E-state index contributed by atoms with van der Waals surface area (Å²) in [5.74, 6) is 0.204. The predicted molar refractivity (Wildman–Crippen MR) is 193 cm³/mol. The first kappa shape index (κ1) is 40.5. The fourth-order valence-electron chi connectivity index (χ4n) is 12.8. The molecule has 312 valence electrons. The van der Waals surface area contributed by atoms with Gasteiger partial charge in [-0.15, -0.1) is 0 Å². The van der Waals surface area contributed by atoms with Gasteiger partial charge in [-0.3, -0.25) is 0 Å². The third kappa shape index (κ3) is 6.95. The van der Waals surface area contributed by atoms with E-state index in [-0.39, 0.29) is 61.1 Å². The van der Waals surface area contributed by atoms with Gasteiger partial charge in [-0.05, 0) is 107 Å². The molecule has 0 amide bonds. The molecule has 3 saturated heterocycles. The van der Waals surface area contributed by atoms with Crippen molar-refractivity contribution in [3.63, 3.8) is 0 Å². The van der Waals surface area contributed by atoms with Crippen LogP contribution in [0.25, 0.3) is 0 Å². The number of hydrogen-bond acceptors (Lipinski definition) is 14. The van der Waals surface area contributed by atoms with Crippen LogP contribution in [-0.2, 0) is 38.0 Å². The maximum atomic E-state index is 12.6. The van der Waals surface area contributed by atoms with Crippen molar-refractivity contribution in [3.05, 3.63) is 11.6 Å². The molecule has 1 unspecified atom stereocenters. The van der Waals surface area contributed by atoms with Crippen LogP contribution in [0.1, 0.15) is 105 Å². The smallest absolute Gasteiger partial charge is 0.331 e. The van der Waals surface area contributed by atoms with E-state index in [1.807, 2.05) is 13.8 Å². The van der Waals surface area contributed by atoms with Crippen molar-refractivity contribution in [2.45, 2.75) is 197 Å². The molecule has 0 radical (unpaired) electrons. The molecule has 4 saturated carbocycles. The number of fused-ring (bicyclic) bond motifs is 5. The highest BCUT2D eigenvalue weighted by Crippen LogP contribution is 2.70. The maximum Gasteiger partial charge on any atom is 0.331 e. The Kier molecular flexibility index (Phi) is 11.1. The number of carbonyl (C=O) groups excluding carboxylic acids is 1. The average molecular weight is 781 g/mol. The van der Waals surface area contributed by atoms with Gasteiger partial charge in [0.05, 0.1) is 54.4 Å². The van der Waals surface area contributed by atoms with Crippen LogP contribution >= 0.6 is 0 Å². The van der Waals surface area contributed by atoms with Crippen molar-refractivity contribution >= 4 is 5.97 Å². The Balaban J connectivity index is 0.837. The first-order valence-corrected chi connectivity index (χ1v) is 20.9. The zero-order valence-electron chi connectivity index (χ0n) is 32.9. The Morgan fingerprint density at radius 3 is 1.87 bits per heavy atom. The van der Waals surface area contributed by atoms with E-state index in [0.29, 0.717) is 18.8 Å². The van der Waals surface area contributed by atoms with Crippen LogP contribution in [0.15, 0.2) is 11.6 Å². The Morgan fingerprint density at radius 1 is 0.691 bits per heavy atom. The molecule has 8 rings (SSSR count). The van der Waals surface area contributed by atoms with Gasteiger partial charge in [0.15, 0.2) is 18.9 Å². The normalized spacial score (nSPS) is 55.5. The van der Waals surface area contributed by atoms with Crippen molar-refractivity contribution in [1.82, 2.24) is 0 Å². The summed E-state index contributed by atoms with van der Waals surface area (Å²) in [7, 11) is 0. The summed E-state index contributed by atoms with van der Waals surface area (Å²) >= 11 is 0. The minimum absolute atomic E-state index is 0.0452. The molecule has 0 aromatic heterocycles. The molecular formula is C41H64O14. The van der Waals surface area contributed by atoms with Crippen LogP contribution in [0.3, 0.4) is 0 Å². The predicted octanol–water partition coefficient (Wildman–Crippen LogP) is 2.22. The molecule has 4 aliphatic carbocycles. The van der Waals surface area contributed by atoms with Crippen LogP contribution in [-0.4, -0.2) is 135 Å². The second-order valence-electron chi connectivity index (χ2n) is 18.8. The molecule has 6 N–H and O–H groups in total. The first-order valence-electron chi connectivity index (χ1n) is 20.9. The summed E-state index contributed by atoms with van der Waals surface area (Å²) in [6.45, 7) is 9.90. The molecule has 4 aliphatic heterocycles. The summed E-state index contributed by atoms with van der Waals surface area (Å²) in [5.41, 5.74) is -0.892. The molecule has 0 bridgehead atoms.